The number of Topliss-reactive ketones (excluding diaryl/α,β-unsaturated/α-hetero) is 1. The molecule has 76 valence electrons. The topological polar surface area (TPSA) is 17.1 Å². The van der Waals surface area contributed by atoms with Gasteiger partial charge in [-0.1, -0.05) is 52.0 Å². The molecule has 2 aliphatic rings. The lowest BCUT2D eigenvalue weighted by Crippen LogP contribution is -2.44. The number of rotatable bonds is 2. The van der Waals surface area contributed by atoms with Crippen molar-refractivity contribution in [3.05, 3.63) is 24.3 Å². The zero-order chi connectivity index (χ0) is 10.6. The Bertz CT molecular complexity index is 299. The summed E-state index contributed by atoms with van der Waals surface area (Å²) in [7, 11) is 0. The van der Waals surface area contributed by atoms with Crippen LogP contribution >= 0.6 is 0 Å². The molecule has 0 saturated carbocycles. The highest BCUT2D eigenvalue weighted by Gasteiger charge is 2.45. The molecule has 2 aliphatic carbocycles. The van der Waals surface area contributed by atoms with E-state index < -0.39 is 0 Å². The standard InChI is InChI=1S/C13H18O/c1-12(2)7-5-9(12)11(14)10-6-8-13(10,3)4/h5-10H,1-4H3. The molecule has 2 rings (SSSR count). The van der Waals surface area contributed by atoms with Crippen molar-refractivity contribution < 1.29 is 4.79 Å². The van der Waals surface area contributed by atoms with Gasteiger partial charge in [-0.25, -0.2) is 0 Å². The Hall–Kier alpha value is -0.850. The van der Waals surface area contributed by atoms with Crippen LogP contribution in [0.4, 0.5) is 0 Å². The Morgan fingerprint density at radius 1 is 0.929 bits per heavy atom. The summed E-state index contributed by atoms with van der Waals surface area (Å²) < 4.78 is 0. The Morgan fingerprint density at radius 3 is 1.43 bits per heavy atom. The van der Waals surface area contributed by atoms with Crippen molar-refractivity contribution in [2.75, 3.05) is 0 Å². The summed E-state index contributed by atoms with van der Waals surface area (Å²) in [5.41, 5.74) is 0.160. The Balaban J connectivity index is 2.13. The van der Waals surface area contributed by atoms with Crippen molar-refractivity contribution in [3.8, 4) is 0 Å². The van der Waals surface area contributed by atoms with Crippen molar-refractivity contribution >= 4 is 5.78 Å². The molecule has 14 heavy (non-hydrogen) atoms. The van der Waals surface area contributed by atoms with Crippen LogP contribution in [0.25, 0.3) is 0 Å². The number of hydrogen-bond acceptors (Lipinski definition) is 1. The highest BCUT2D eigenvalue weighted by atomic mass is 16.1. The summed E-state index contributed by atoms with van der Waals surface area (Å²) in [4.78, 5) is 12.1. The predicted octanol–water partition coefficient (Wildman–Crippen LogP) is 2.98. The summed E-state index contributed by atoms with van der Waals surface area (Å²) in [6.45, 7) is 8.52. The maximum Gasteiger partial charge on any atom is 0.148 e. The zero-order valence-corrected chi connectivity index (χ0v) is 9.37. The van der Waals surface area contributed by atoms with E-state index in [4.69, 9.17) is 0 Å². The van der Waals surface area contributed by atoms with Gasteiger partial charge in [0, 0.05) is 11.8 Å². The highest BCUT2D eigenvalue weighted by molar-refractivity contribution is 5.90. The fourth-order valence-electron chi connectivity index (χ4n) is 2.27. The van der Waals surface area contributed by atoms with E-state index in [0.29, 0.717) is 5.78 Å². The van der Waals surface area contributed by atoms with Crippen LogP contribution in [-0.2, 0) is 4.79 Å². The number of allylic oxidation sites excluding steroid dienone is 4. The summed E-state index contributed by atoms with van der Waals surface area (Å²) in [6.07, 6.45) is 8.35. The molecule has 0 aromatic carbocycles. The third-order valence-corrected chi connectivity index (χ3v) is 3.65. The number of carbonyl (C=O) groups excluding carboxylic acids is 1. The SMILES string of the molecule is CC1(C)C=CC1C(=O)C1C=CC1(C)C. The van der Waals surface area contributed by atoms with Gasteiger partial charge < -0.3 is 0 Å². The van der Waals surface area contributed by atoms with Crippen molar-refractivity contribution in [1.82, 2.24) is 0 Å². The van der Waals surface area contributed by atoms with Crippen LogP contribution in [0.15, 0.2) is 24.3 Å². The first-order chi connectivity index (χ1) is 6.34. The number of ketones is 1. The largest absolute Gasteiger partial charge is 0.298 e. The minimum absolute atomic E-state index is 0.0800. The summed E-state index contributed by atoms with van der Waals surface area (Å²) in [6, 6.07) is 0. The molecule has 0 aromatic heterocycles. The Labute approximate surface area is 85.9 Å². The second-order valence-electron chi connectivity index (χ2n) is 5.72. The van der Waals surface area contributed by atoms with Crippen LogP contribution in [0.2, 0.25) is 0 Å². The van der Waals surface area contributed by atoms with Crippen molar-refractivity contribution in [3.63, 3.8) is 0 Å². The first-order valence-corrected chi connectivity index (χ1v) is 5.27. The molecule has 0 aliphatic heterocycles. The lowest BCUT2D eigenvalue weighted by Gasteiger charge is -2.43. The number of carbonyl (C=O) groups is 1. The molecular formula is C13H18O. The van der Waals surface area contributed by atoms with Gasteiger partial charge in [0.2, 0.25) is 0 Å². The van der Waals surface area contributed by atoms with Crippen molar-refractivity contribution in [2.24, 2.45) is 22.7 Å². The third kappa shape index (κ3) is 1.18. The van der Waals surface area contributed by atoms with Crippen LogP contribution in [0.1, 0.15) is 27.7 Å². The zero-order valence-electron chi connectivity index (χ0n) is 9.37. The predicted molar refractivity (Wildman–Crippen MR) is 57.8 cm³/mol. The van der Waals surface area contributed by atoms with Crippen LogP contribution in [-0.4, -0.2) is 5.78 Å². The lowest BCUT2D eigenvalue weighted by atomic mass is 9.59. The van der Waals surface area contributed by atoms with Crippen LogP contribution in [0, 0.1) is 22.7 Å². The normalized spacial score (nSPS) is 36.0. The van der Waals surface area contributed by atoms with E-state index in [0.717, 1.165) is 0 Å². The van der Waals surface area contributed by atoms with Gasteiger partial charge in [0.1, 0.15) is 5.78 Å². The molecule has 2 unspecified atom stereocenters. The second-order valence-corrected chi connectivity index (χ2v) is 5.72. The van der Waals surface area contributed by atoms with Gasteiger partial charge in [0.25, 0.3) is 0 Å². The molecule has 0 amide bonds. The average molecular weight is 190 g/mol. The number of hydrogen-bond donors (Lipinski definition) is 0. The summed E-state index contributed by atoms with van der Waals surface area (Å²) in [5.74, 6) is 0.665. The first kappa shape index (κ1) is 9.70. The van der Waals surface area contributed by atoms with Gasteiger partial charge in [-0.2, -0.15) is 0 Å². The lowest BCUT2D eigenvalue weighted by molar-refractivity contribution is -0.130. The smallest absolute Gasteiger partial charge is 0.148 e. The molecule has 0 bridgehead atoms. The minimum Gasteiger partial charge on any atom is -0.298 e. The fraction of sp³-hybridized carbons (Fsp3) is 0.615. The molecule has 1 nitrogen and oxygen atoms in total. The molecule has 2 atom stereocenters. The van der Waals surface area contributed by atoms with Gasteiger partial charge in [-0.05, 0) is 10.8 Å². The molecule has 0 spiro atoms. The van der Waals surface area contributed by atoms with E-state index in [-0.39, 0.29) is 22.7 Å². The van der Waals surface area contributed by atoms with E-state index in [9.17, 15) is 4.79 Å². The summed E-state index contributed by atoms with van der Waals surface area (Å²) in [5, 5.41) is 0. The second kappa shape index (κ2) is 2.59. The van der Waals surface area contributed by atoms with Crippen molar-refractivity contribution in [1.29, 1.82) is 0 Å². The monoisotopic (exact) mass is 190 g/mol. The van der Waals surface area contributed by atoms with Gasteiger partial charge >= 0.3 is 0 Å². The molecule has 0 heterocycles. The van der Waals surface area contributed by atoms with E-state index in [2.05, 4.69) is 39.8 Å². The molecule has 1 heteroatoms. The molecule has 0 radical (unpaired) electrons. The van der Waals surface area contributed by atoms with Gasteiger partial charge in [-0.15, -0.1) is 0 Å². The molecule has 0 N–H and O–H groups in total. The van der Waals surface area contributed by atoms with E-state index in [1.807, 2.05) is 12.2 Å². The Morgan fingerprint density at radius 2 is 1.29 bits per heavy atom. The minimum atomic E-state index is 0.0800. The van der Waals surface area contributed by atoms with Gasteiger partial charge in [0.15, 0.2) is 0 Å². The molecule has 0 saturated heterocycles. The maximum absolute atomic E-state index is 12.1. The van der Waals surface area contributed by atoms with Crippen LogP contribution in [0.3, 0.4) is 0 Å². The highest BCUT2D eigenvalue weighted by Crippen LogP contribution is 2.46. The van der Waals surface area contributed by atoms with Gasteiger partial charge in [0.05, 0.1) is 0 Å². The molecule has 0 fully saturated rings. The maximum atomic E-state index is 12.1. The van der Waals surface area contributed by atoms with Crippen LogP contribution in [0.5, 0.6) is 0 Å². The average Bonchev–Trinajstić information content (AvgIpc) is 2.00. The van der Waals surface area contributed by atoms with Gasteiger partial charge in [-0.3, -0.25) is 4.79 Å². The fourth-order valence-corrected chi connectivity index (χ4v) is 2.27. The van der Waals surface area contributed by atoms with E-state index >= 15 is 0 Å². The first-order valence-electron chi connectivity index (χ1n) is 5.27. The molecule has 0 aromatic rings. The van der Waals surface area contributed by atoms with Crippen LogP contribution < -0.4 is 0 Å². The van der Waals surface area contributed by atoms with Crippen molar-refractivity contribution in [2.45, 2.75) is 27.7 Å². The summed E-state index contributed by atoms with van der Waals surface area (Å²) >= 11 is 0. The quantitative estimate of drug-likeness (QED) is 0.612. The Kier molecular flexibility index (Phi) is 1.79. The molecular weight excluding hydrogens is 172 g/mol. The third-order valence-electron chi connectivity index (χ3n) is 3.65. The van der Waals surface area contributed by atoms with E-state index in [1.165, 1.54) is 0 Å². The van der Waals surface area contributed by atoms with E-state index in [1.54, 1.807) is 0 Å².